The van der Waals surface area contributed by atoms with Crippen LogP contribution in [0.4, 0.5) is 0 Å². The molecule has 1 heterocycles. The van der Waals surface area contributed by atoms with Gasteiger partial charge in [-0.05, 0) is 40.9 Å². The molecule has 84 valence electrons. The van der Waals surface area contributed by atoms with Gasteiger partial charge in [0, 0.05) is 5.38 Å². The van der Waals surface area contributed by atoms with Gasteiger partial charge in [-0.25, -0.2) is 4.98 Å². The van der Waals surface area contributed by atoms with Gasteiger partial charge in [-0.1, -0.05) is 23.8 Å². The summed E-state index contributed by atoms with van der Waals surface area (Å²) in [5, 5.41) is 12.8. The van der Waals surface area contributed by atoms with E-state index in [0.29, 0.717) is 0 Å². The van der Waals surface area contributed by atoms with Crippen molar-refractivity contribution in [2.24, 2.45) is 0 Å². The number of nitrogens with zero attached hydrogens (tertiary/aromatic N) is 1. The number of thiazole rings is 1. The highest BCUT2D eigenvalue weighted by atomic mass is 79.9. The molecule has 0 radical (unpaired) electrons. The van der Waals surface area contributed by atoms with Gasteiger partial charge in [-0.15, -0.1) is 11.3 Å². The lowest BCUT2D eigenvalue weighted by Gasteiger charge is -2.11. The predicted octanol–water partition coefficient (Wildman–Crippen LogP) is 3.60. The van der Waals surface area contributed by atoms with Gasteiger partial charge < -0.3 is 5.11 Å². The fourth-order valence-corrected chi connectivity index (χ4v) is 2.92. The first kappa shape index (κ1) is 11.8. The Balaban J connectivity index is 2.37. The predicted molar refractivity (Wildman–Crippen MR) is 69.8 cm³/mol. The van der Waals surface area contributed by atoms with Crippen LogP contribution < -0.4 is 0 Å². The van der Waals surface area contributed by atoms with E-state index >= 15 is 0 Å². The highest BCUT2D eigenvalue weighted by molar-refractivity contribution is 9.10. The van der Waals surface area contributed by atoms with Gasteiger partial charge in [-0.3, -0.25) is 0 Å². The van der Waals surface area contributed by atoms with E-state index in [4.69, 9.17) is 0 Å². The van der Waals surface area contributed by atoms with Crippen molar-refractivity contribution in [1.29, 1.82) is 0 Å². The Hall–Kier alpha value is -0.710. The minimum Gasteiger partial charge on any atom is -0.381 e. The summed E-state index contributed by atoms with van der Waals surface area (Å²) in [6.45, 7) is 4.05. The van der Waals surface area contributed by atoms with Crippen LogP contribution in [0, 0.1) is 13.8 Å². The minimum absolute atomic E-state index is 0.628. The van der Waals surface area contributed by atoms with Gasteiger partial charge in [0.25, 0.3) is 0 Å². The van der Waals surface area contributed by atoms with E-state index in [9.17, 15) is 5.11 Å². The molecule has 1 atom stereocenters. The summed E-state index contributed by atoms with van der Waals surface area (Å²) in [5.74, 6) is 0. The van der Waals surface area contributed by atoms with Gasteiger partial charge in [0.1, 0.15) is 15.7 Å². The molecule has 0 aliphatic heterocycles. The number of aryl methyl sites for hydroxylation is 2. The lowest BCUT2D eigenvalue weighted by molar-refractivity contribution is 0.219. The first-order chi connectivity index (χ1) is 7.58. The van der Waals surface area contributed by atoms with Crippen LogP contribution in [0.5, 0.6) is 0 Å². The van der Waals surface area contributed by atoms with Crippen LogP contribution in [0.1, 0.15) is 27.8 Å². The van der Waals surface area contributed by atoms with Crippen LogP contribution in [0.2, 0.25) is 0 Å². The second-order valence-corrected chi connectivity index (χ2v) is 5.47. The second kappa shape index (κ2) is 4.65. The normalized spacial score (nSPS) is 12.8. The Morgan fingerprint density at radius 2 is 2.12 bits per heavy atom. The molecule has 0 spiro atoms. The zero-order chi connectivity index (χ0) is 11.7. The summed E-state index contributed by atoms with van der Waals surface area (Å²) in [6, 6.07) is 6.04. The van der Waals surface area contributed by atoms with Crippen molar-refractivity contribution in [2.75, 3.05) is 0 Å². The van der Waals surface area contributed by atoms with Crippen LogP contribution in [-0.2, 0) is 0 Å². The number of halogens is 1. The molecule has 4 heteroatoms. The molecule has 2 nitrogen and oxygen atoms in total. The Bertz CT molecular complexity index is 509. The van der Waals surface area contributed by atoms with Crippen LogP contribution in [0.15, 0.2) is 28.2 Å². The maximum absolute atomic E-state index is 10.2. The SMILES string of the molecule is Cc1ccc(C(O)c2nc(Br)cs2)c(C)c1. The molecular weight excluding hydrogens is 286 g/mol. The summed E-state index contributed by atoms with van der Waals surface area (Å²) >= 11 is 4.75. The Morgan fingerprint density at radius 3 is 2.69 bits per heavy atom. The molecule has 1 aromatic heterocycles. The molecule has 0 aliphatic rings. The van der Waals surface area contributed by atoms with E-state index < -0.39 is 6.10 Å². The molecule has 0 fully saturated rings. The zero-order valence-electron chi connectivity index (χ0n) is 9.07. The average molecular weight is 298 g/mol. The first-order valence-electron chi connectivity index (χ1n) is 4.94. The maximum Gasteiger partial charge on any atom is 0.131 e. The van der Waals surface area contributed by atoms with E-state index in [1.165, 1.54) is 16.9 Å². The number of hydrogen-bond donors (Lipinski definition) is 1. The molecule has 0 aliphatic carbocycles. The summed E-state index contributed by atoms with van der Waals surface area (Å²) in [7, 11) is 0. The maximum atomic E-state index is 10.2. The van der Waals surface area contributed by atoms with Crippen molar-refractivity contribution in [3.05, 3.63) is 49.9 Å². The molecule has 0 bridgehead atoms. The van der Waals surface area contributed by atoms with E-state index in [1.807, 2.05) is 31.4 Å². The van der Waals surface area contributed by atoms with Gasteiger partial charge >= 0.3 is 0 Å². The van der Waals surface area contributed by atoms with Crippen molar-refractivity contribution < 1.29 is 5.11 Å². The fourth-order valence-electron chi connectivity index (χ4n) is 1.66. The average Bonchev–Trinajstić information content (AvgIpc) is 2.64. The Kier molecular flexibility index (Phi) is 3.42. The summed E-state index contributed by atoms with van der Waals surface area (Å²) in [4.78, 5) is 4.24. The molecule has 2 rings (SSSR count). The van der Waals surface area contributed by atoms with Gasteiger partial charge in [0.15, 0.2) is 0 Å². The third-order valence-electron chi connectivity index (χ3n) is 2.45. The topological polar surface area (TPSA) is 33.1 Å². The van der Waals surface area contributed by atoms with Gasteiger partial charge in [-0.2, -0.15) is 0 Å². The molecule has 0 amide bonds. The zero-order valence-corrected chi connectivity index (χ0v) is 11.5. The molecule has 2 aromatic rings. The van der Waals surface area contributed by atoms with Crippen molar-refractivity contribution >= 4 is 27.3 Å². The fraction of sp³-hybridized carbons (Fsp3) is 0.250. The third-order valence-corrected chi connectivity index (χ3v) is 4.05. The largest absolute Gasteiger partial charge is 0.381 e. The molecule has 0 saturated heterocycles. The monoisotopic (exact) mass is 297 g/mol. The number of benzene rings is 1. The third kappa shape index (κ3) is 2.34. The number of aliphatic hydroxyl groups excluding tert-OH is 1. The Labute approximate surface area is 107 Å². The highest BCUT2D eigenvalue weighted by Crippen LogP contribution is 2.28. The number of aromatic nitrogens is 1. The molecule has 1 unspecified atom stereocenters. The standard InChI is InChI=1S/C12H12BrNOS/c1-7-3-4-9(8(2)5-7)11(15)12-14-10(13)6-16-12/h3-6,11,15H,1-2H3. The molecule has 16 heavy (non-hydrogen) atoms. The van der Waals surface area contributed by atoms with Crippen LogP contribution in [0.25, 0.3) is 0 Å². The van der Waals surface area contributed by atoms with Gasteiger partial charge in [0.05, 0.1) is 0 Å². The minimum atomic E-state index is -0.628. The summed E-state index contributed by atoms with van der Waals surface area (Å²) < 4.78 is 0.774. The van der Waals surface area contributed by atoms with Crippen molar-refractivity contribution in [2.45, 2.75) is 20.0 Å². The lowest BCUT2D eigenvalue weighted by Crippen LogP contribution is -2.01. The quantitative estimate of drug-likeness (QED) is 0.919. The van der Waals surface area contributed by atoms with E-state index in [2.05, 4.69) is 27.0 Å². The van der Waals surface area contributed by atoms with Gasteiger partial charge in [0.2, 0.25) is 0 Å². The summed E-state index contributed by atoms with van der Waals surface area (Å²) in [6.07, 6.45) is -0.628. The molecule has 1 N–H and O–H groups in total. The first-order valence-corrected chi connectivity index (χ1v) is 6.61. The number of hydrogen-bond acceptors (Lipinski definition) is 3. The van der Waals surface area contributed by atoms with E-state index in [-0.39, 0.29) is 0 Å². The van der Waals surface area contributed by atoms with E-state index in [1.54, 1.807) is 0 Å². The Morgan fingerprint density at radius 1 is 1.38 bits per heavy atom. The number of rotatable bonds is 2. The van der Waals surface area contributed by atoms with E-state index in [0.717, 1.165) is 20.7 Å². The smallest absolute Gasteiger partial charge is 0.131 e. The molecular formula is C12H12BrNOS. The van der Waals surface area contributed by atoms with Crippen molar-refractivity contribution in [3.63, 3.8) is 0 Å². The van der Waals surface area contributed by atoms with Crippen LogP contribution >= 0.6 is 27.3 Å². The van der Waals surface area contributed by atoms with Crippen molar-refractivity contribution in [1.82, 2.24) is 4.98 Å². The van der Waals surface area contributed by atoms with Crippen LogP contribution in [0.3, 0.4) is 0 Å². The highest BCUT2D eigenvalue weighted by Gasteiger charge is 2.16. The number of aliphatic hydroxyl groups is 1. The molecule has 0 saturated carbocycles. The molecule has 1 aromatic carbocycles. The van der Waals surface area contributed by atoms with Crippen LogP contribution in [-0.4, -0.2) is 10.1 Å². The summed E-state index contributed by atoms with van der Waals surface area (Å²) in [5.41, 5.74) is 3.22. The second-order valence-electron chi connectivity index (χ2n) is 3.77. The van der Waals surface area contributed by atoms with Crippen molar-refractivity contribution in [3.8, 4) is 0 Å². The lowest BCUT2D eigenvalue weighted by atomic mass is 10.0.